The number of Topliss-reactive ketones (excluding diaryl/α,β-unsaturated/α-hetero) is 1. The van der Waals surface area contributed by atoms with Crippen LogP contribution in [-0.4, -0.2) is 5.78 Å². The van der Waals surface area contributed by atoms with Gasteiger partial charge in [-0.1, -0.05) is 12.1 Å². The second-order valence-corrected chi connectivity index (χ2v) is 2.83. The summed E-state index contributed by atoms with van der Waals surface area (Å²) in [6.07, 6.45) is 0. The van der Waals surface area contributed by atoms with E-state index >= 15 is 0 Å². The van der Waals surface area contributed by atoms with Crippen molar-refractivity contribution in [3.05, 3.63) is 29.6 Å². The fourth-order valence-electron chi connectivity index (χ4n) is 1.04. The van der Waals surface area contributed by atoms with Crippen LogP contribution >= 0.6 is 0 Å². The molecule has 0 aliphatic carbocycles. The number of nitrogens with two attached hydrogens (primary N) is 2. The van der Waals surface area contributed by atoms with Crippen molar-refractivity contribution >= 4 is 11.5 Å². The minimum atomic E-state index is -0.837. The molecule has 0 saturated heterocycles. The molecule has 0 fully saturated rings. The summed E-state index contributed by atoms with van der Waals surface area (Å²) in [5, 5.41) is 0. The van der Waals surface area contributed by atoms with Crippen molar-refractivity contribution in [2.45, 2.75) is 13.0 Å². The zero-order valence-corrected chi connectivity index (χ0v) is 7.25. The second kappa shape index (κ2) is 3.53. The van der Waals surface area contributed by atoms with Crippen LogP contribution in [0.5, 0.6) is 0 Å². The number of ketones is 1. The summed E-state index contributed by atoms with van der Waals surface area (Å²) in [5.74, 6) is -0.786. The van der Waals surface area contributed by atoms with Gasteiger partial charge in [-0.15, -0.1) is 0 Å². The van der Waals surface area contributed by atoms with E-state index in [0.29, 0.717) is 5.56 Å². The third kappa shape index (κ3) is 1.84. The number of carbonyl (C=O) groups is 1. The van der Waals surface area contributed by atoms with Crippen LogP contribution in [0, 0.1) is 5.82 Å². The second-order valence-electron chi connectivity index (χ2n) is 2.83. The summed E-state index contributed by atoms with van der Waals surface area (Å²) in [5.41, 5.74) is 11.2. The summed E-state index contributed by atoms with van der Waals surface area (Å²) >= 11 is 0. The van der Waals surface area contributed by atoms with Gasteiger partial charge in [0.05, 0.1) is 11.7 Å². The highest BCUT2D eigenvalue weighted by Gasteiger charge is 2.15. The fraction of sp³-hybridized carbons (Fsp3) is 0.222. The molecule has 1 unspecified atom stereocenters. The Balaban J connectivity index is 3.15. The van der Waals surface area contributed by atoms with Crippen molar-refractivity contribution in [2.75, 3.05) is 5.73 Å². The predicted octanol–water partition coefficient (Wildman–Crippen LogP) is 0.997. The normalized spacial score (nSPS) is 12.5. The molecule has 0 spiro atoms. The van der Waals surface area contributed by atoms with Crippen molar-refractivity contribution in [1.29, 1.82) is 0 Å². The molecule has 0 saturated carbocycles. The Labute approximate surface area is 75.5 Å². The average Bonchev–Trinajstić information content (AvgIpc) is 2.08. The highest BCUT2D eigenvalue weighted by Crippen LogP contribution is 2.21. The lowest BCUT2D eigenvalue weighted by Crippen LogP contribution is -2.20. The Morgan fingerprint density at radius 1 is 1.54 bits per heavy atom. The third-order valence-corrected chi connectivity index (χ3v) is 1.86. The molecule has 1 atom stereocenters. The Morgan fingerprint density at radius 2 is 2.15 bits per heavy atom. The molecule has 4 N–H and O–H groups in total. The molecule has 0 aliphatic heterocycles. The topological polar surface area (TPSA) is 69.1 Å². The average molecular weight is 182 g/mol. The quantitative estimate of drug-likeness (QED) is 0.670. The maximum Gasteiger partial charge on any atom is 0.151 e. The van der Waals surface area contributed by atoms with Crippen LogP contribution in [0.2, 0.25) is 0 Å². The largest absolute Gasteiger partial charge is 0.396 e. The van der Waals surface area contributed by atoms with Gasteiger partial charge in [-0.05, 0) is 13.0 Å². The van der Waals surface area contributed by atoms with Crippen LogP contribution in [0.4, 0.5) is 10.1 Å². The van der Waals surface area contributed by atoms with Gasteiger partial charge in [0.1, 0.15) is 5.82 Å². The van der Waals surface area contributed by atoms with E-state index in [9.17, 15) is 9.18 Å². The van der Waals surface area contributed by atoms with E-state index in [4.69, 9.17) is 11.5 Å². The summed E-state index contributed by atoms with van der Waals surface area (Å²) in [7, 11) is 0. The highest BCUT2D eigenvalue weighted by molar-refractivity contribution is 5.84. The van der Waals surface area contributed by atoms with Crippen LogP contribution in [0.15, 0.2) is 18.2 Å². The number of nitrogen functional groups attached to an aromatic ring is 1. The monoisotopic (exact) mass is 182 g/mol. The number of rotatable bonds is 2. The van der Waals surface area contributed by atoms with E-state index in [2.05, 4.69) is 0 Å². The van der Waals surface area contributed by atoms with Crippen LogP contribution in [0.25, 0.3) is 0 Å². The first-order valence-electron chi connectivity index (χ1n) is 3.84. The third-order valence-electron chi connectivity index (χ3n) is 1.86. The van der Waals surface area contributed by atoms with Crippen LogP contribution in [0.1, 0.15) is 18.5 Å². The van der Waals surface area contributed by atoms with Crippen molar-refractivity contribution in [3.8, 4) is 0 Å². The molecular weight excluding hydrogens is 171 g/mol. The Kier molecular flexibility index (Phi) is 2.63. The standard InChI is InChI=1S/C9H11FN2O/c1-5(13)8(11)6-3-2-4-7(10)9(6)12/h2-4,8H,11-12H2,1H3. The van der Waals surface area contributed by atoms with Crippen LogP contribution in [0.3, 0.4) is 0 Å². The number of para-hydroxylation sites is 1. The molecule has 13 heavy (non-hydrogen) atoms. The number of halogens is 1. The first-order chi connectivity index (χ1) is 6.04. The van der Waals surface area contributed by atoms with Crippen molar-refractivity contribution < 1.29 is 9.18 Å². The van der Waals surface area contributed by atoms with E-state index in [1.54, 1.807) is 6.07 Å². The maximum atomic E-state index is 12.9. The highest BCUT2D eigenvalue weighted by atomic mass is 19.1. The SMILES string of the molecule is CC(=O)C(N)c1cccc(F)c1N. The molecule has 0 heterocycles. The molecule has 1 rings (SSSR count). The fourth-order valence-corrected chi connectivity index (χ4v) is 1.04. The lowest BCUT2D eigenvalue weighted by Gasteiger charge is -2.11. The Hall–Kier alpha value is -1.42. The minimum Gasteiger partial charge on any atom is -0.396 e. The molecule has 1 aromatic rings. The lowest BCUT2D eigenvalue weighted by atomic mass is 10.0. The number of hydrogen-bond donors (Lipinski definition) is 2. The Bertz CT molecular complexity index is 338. The maximum absolute atomic E-state index is 12.9. The summed E-state index contributed by atoms with van der Waals surface area (Å²) in [4.78, 5) is 10.9. The molecule has 0 aliphatic rings. The number of hydrogen-bond acceptors (Lipinski definition) is 3. The summed E-state index contributed by atoms with van der Waals surface area (Å²) < 4.78 is 12.9. The first kappa shape index (κ1) is 9.67. The van der Waals surface area contributed by atoms with Gasteiger partial charge in [-0.25, -0.2) is 4.39 Å². The zero-order chi connectivity index (χ0) is 10.0. The number of carbonyl (C=O) groups excluding carboxylic acids is 1. The molecule has 1 aromatic carbocycles. The van der Waals surface area contributed by atoms with E-state index in [0.717, 1.165) is 0 Å². The van der Waals surface area contributed by atoms with Crippen LogP contribution in [-0.2, 0) is 4.79 Å². The van der Waals surface area contributed by atoms with Gasteiger partial charge in [-0.2, -0.15) is 0 Å². The van der Waals surface area contributed by atoms with Gasteiger partial charge in [0.2, 0.25) is 0 Å². The minimum absolute atomic E-state index is 0.0507. The summed E-state index contributed by atoms with van der Waals surface area (Å²) in [6, 6.07) is 3.41. The molecular formula is C9H11FN2O. The van der Waals surface area contributed by atoms with Gasteiger partial charge < -0.3 is 11.5 Å². The van der Waals surface area contributed by atoms with E-state index in [-0.39, 0.29) is 11.5 Å². The van der Waals surface area contributed by atoms with Crippen LogP contribution < -0.4 is 11.5 Å². The first-order valence-corrected chi connectivity index (χ1v) is 3.84. The van der Waals surface area contributed by atoms with E-state index in [1.807, 2.05) is 0 Å². The Morgan fingerprint density at radius 3 is 2.69 bits per heavy atom. The van der Waals surface area contributed by atoms with Gasteiger partial charge in [-0.3, -0.25) is 4.79 Å². The van der Waals surface area contributed by atoms with E-state index in [1.165, 1.54) is 19.1 Å². The number of anilines is 1. The molecule has 0 amide bonds. The van der Waals surface area contributed by atoms with Crippen molar-refractivity contribution in [3.63, 3.8) is 0 Å². The van der Waals surface area contributed by atoms with Gasteiger partial charge >= 0.3 is 0 Å². The predicted molar refractivity (Wildman–Crippen MR) is 48.4 cm³/mol. The molecule has 3 nitrogen and oxygen atoms in total. The molecule has 0 bridgehead atoms. The van der Waals surface area contributed by atoms with Gasteiger partial charge in [0.25, 0.3) is 0 Å². The van der Waals surface area contributed by atoms with E-state index < -0.39 is 11.9 Å². The van der Waals surface area contributed by atoms with Gasteiger partial charge in [0.15, 0.2) is 5.78 Å². The summed E-state index contributed by atoms with van der Waals surface area (Å²) in [6.45, 7) is 1.34. The zero-order valence-electron chi connectivity index (χ0n) is 7.25. The number of benzene rings is 1. The van der Waals surface area contributed by atoms with Crippen molar-refractivity contribution in [1.82, 2.24) is 0 Å². The van der Waals surface area contributed by atoms with Gasteiger partial charge in [0, 0.05) is 5.56 Å². The molecule has 0 radical (unpaired) electrons. The molecule has 0 aromatic heterocycles. The van der Waals surface area contributed by atoms with Crippen molar-refractivity contribution in [2.24, 2.45) is 5.73 Å². The smallest absolute Gasteiger partial charge is 0.151 e. The lowest BCUT2D eigenvalue weighted by molar-refractivity contribution is -0.118. The molecule has 4 heteroatoms. The molecule has 70 valence electrons.